The highest BCUT2D eigenvalue weighted by molar-refractivity contribution is 6.31. The van der Waals surface area contributed by atoms with Crippen molar-refractivity contribution in [1.29, 1.82) is 0 Å². The molecular formula is C24H38N2O4Si. The Balaban J connectivity index is 1.67. The van der Waals surface area contributed by atoms with Crippen LogP contribution in [-0.2, 0) is 4.43 Å². The Morgan fingerprint density at radius 2 is 1.74 bits per heavy atom. The molecule has 6 nitrogen and oxygen atoms in total. The molecule has 172 valence electrons. The Bertz CT molecular complexity index is 875. The first-order chi connectivity index (χ1) is 14.5. The van der Waals surface area contributed by atoms with Crippen LogP contribution in [0.3, 0.4) is 0 Å². The summed E-state index contributed by atoms with van der Waals surface area (Å²) in [6, 6.07) is 5.49. The third kappa shape index (κ3) is 5.83. The molecule has 3 rings (SSSR count). The SMILES string of the molecule is COc1cnc2cccc([C@@H](O)[C@H](O)C3CCC(C(C)(C)O[SiH2]C(C)(C)C)CC3)c2n1. The number of para-hydroxylation sites is 1. The summed E-state index contributed by atoms with van der Waals surface area (Å²) in [7, 11) is 0.925. The predicted octanol–water partition coefficient (Wildman–Crippen LogP) is 3.94. The van der Waals surface area contributed by atoms with Crippen molar-refractivity contribution in [1.82, 2.24) is 9.97 Å². The Morgan fingerprint density at radius 3 is 2.35 bits per heavy atom. The zero-order valence-corrected chi connectivity index (χ0v) is 21.2. The van der Waals surface area contributed by atoms with Crippen LogP contribution in [0.4, 0.5) is 0 Å². The maximum atomic E-state index is 11.0. The quantitative estimate of drug-likeness (QED) is 0.627. The summed E-state index contributed by atoms with van der Waals surface area (Å²) in [6.07, 6.45) is 3.48. The molecule has 1 aromatic heterocycles. The first-order valence-corrected chi connectivity index (χ1v) is 12.6. The van der Waals surface area contributed by atoms with Crippen LogP contribution in [0, 0.1) is 11.8 Å². The van der Waals surface area contributed by atoms with Crippen molar-refractivity contribution in [3.05, 3.63) is 30.0 Å². The number of nitrogens with zero attached hydrogens (tertiary/aromatic N) is 2. The minimum absolute atomic E-state index is 0.0516. The number of rotatable bonds is 7. The Hall–Kier alpha value is -1.54. The molecule has 1 aliphatic carbocycles. The smallest absolute Gasteiger partial charge is 0.232 e. The maximum Gasteiger partial charge on any atom is 0.232 e. The summed E-state index contributed by atoms with van der Waals surface area (Å²) < 4.78 is 11.6. The molecule has 0 amide bonds. The molecule has 2 N–H and O–H groups in total. The number of benzene rings is 1. The molecule has 1 fully saturated rings. The number of methoxy groups -OCH3 is 1. The van der Waals surface area contributed by atoms with Gasteiger partial charge in [0, 0.05) is 5.56 Å². The predicted molar refractivity (Wildman–Crippen MR) is 126 cm³/mol. The number of aromatic nitrogens is 2. The topological polar surface area (TPSA) is 84.7 Å². The van der Waals surface area contributed by atoms with Gasteiger partial charge in [-0.05, 0) is 62.5 Å². The van der Waals surface area contributed by atoms with Crippen LogP contribution in [0.2, 0.25) is 5.04 Å². The summed E-state index contributed by atoms with van der Waals surface area (Å²) in [6.45, 7) is 11.2. The largest absolute Gasteiger partial charge is 0.480 e. The molecular weight excluding hydrogens is 408 g/mol. The highest BCUT2D eigenvalue weighted by Gasteiger charge is 2.38. The number of hydrogen-bond donors (Lipinski definition) is 2. The van der Waals surface area contributed by atoms with Crippen molar-refractivity contribution in [3.8, 4) is 5.88 Å². The van der Waals surface area contributed by atoms with E-state index in [9.17, 15) is 10.2 Å². The number of ether oxygens (including phenoxy) is 1. The summed E-state index contributed by atoms with van der Waals surface area (Å²) in [4.78, 5) is 8.81. The van der Waals surface area contributed by atoms with Crippen molar-refractivity contribution < 1.29 is 19.4 Å². The van der Waals surface area contributed by atoms with E-state index in [-0.39, 0.29) is 16.6 Å². The van der Waals surface area contributed by atoms with Crippen LogP contribution < -0.4 is 4.74 Å². The van der Waals surface area contributed by atoms with Gasteiger partial charge >= 0.3 is 0 Å². The van der Waals surface area contributed by atoms with E-state index in [1.54, 1.807) is 6.20 Å². The van der Waals surface area contributed by atoms with E-state index in [1.807, 2.05) is 18.2 Å². The molecule has 31 heavy (non-hydrogen) atoms. The van der Waals surface area contributed by atoms with Crippen LogP contribution in [0.5, 0.6) is 5.88 Å². The van der Waals surface area contributed by atoms with E-state index in [0.717, 1.165) is 25.7 Å². The number of hydrogen-bond acceptors (Lipinski definition) is 6. The zero-order chi connectivity index (χ0) is 22.8. The van der Waals surface area contributed by atoms with E-state index in [0.29, 0.717) is 28.4 Å². The van der Waals surface area contributed by atoms with Crippen molar-refractivity contribution >= 4 is 20.8 Å². The average Bonchev–Trinajstić information content (AvgIpc) is 2.75. The molecule has 2 aromatic rings. The van der Waals surface area contributed by atoms with Crippen molar-refractivity contribution in [2.75, 3.05) is 7.11 Å². The van der Waals surface area contributed by atoms with Crippen molar-refractivity contribution in [3.63, 3.8) is 0 Å². The van der Waals surface area contributed by atoms with Gasteiger partial charge in [-0.1, -0.05) is 32.9 Å². The van der Waals surface area contributed by atoms with Gasteiger partial charge in [0.25, 0.3) is 0 Å². The number of aliphatic hydroxyl groups is 2. The minimum Gasteiger partial charge on any atom is -0.480 e. The zero-order valence-electron chi connectivity index (χ0n) is 19.8. The lowest BCUT2D eigenvalue weighted by Crippen LogP contribution is -2.41. The van der Waals surface area contributed by atoms with Gasteiger partial charge in [0.15, 0.2) is 9.76 Å². The van der Waals surface area contributed by atoms with Crippen LogP contribution >= 0.6 is 0 Å². The molecule has 1 aliphatic rings. The fourth-order valence-electron chi connectivity index (χ4n) is 4.49. The van der Waals surface area contributed by atoms with E-state index in [4.69, 9.17) is 9.16 Å². The summed E-state index contributed by atoms with van der Waals surface area (Å²) in [5.74, 6) is 0.926. The molecule has 1 aromatic carbocycles. The van der Waals surface area contributed by atoms with Gasteiger partial charge in [0.2, 0.25) is 5.88 Å². The first-order valence-electron chi connectivity index (χ1n) is 11.3. The lowest BCUT2D eigenvalue weighted by Gasteiger charge is -2.42. The normalized spacial score (nSPS) is 22.7. The summed E-state index contributed by atoms with van der Waals surface area (Å²) in [5.41, 5.74) is 1.72. The molecule has 2 atom stereocenters. The number of fused-ring (bicyclic) bond motifs is 1. The molecule has 0 unspecified atom stereocenters. The van der Waals surface area contributed by atoms with Gasteiger partial charge in [-0.3, -0.25) is 0 Å². The van der Waals surface area contributed by atoms with Crippen molar-refractivity contribution in [2.24, 2.45) is 11.8 Å². The molecule has 0 bridgehead atoms. The second-order valence-electron chi connectivity index (χ2n) is 10.6. The lowest BCUT2D eigenvalue weighted by molar-refractivity contribution is -0.0478. The standard InChI is InChI=1S/C24H38N2O4Si/c1-23(2,3)31-30-24(4,5)16-12-10-15(11-13-16)21(27)22(28)17-8-7-9-18-20(17)26-19(29-6)14-25-18/h7-9,14-16,21-22,27-28H,10-13,31H2,1-6H3/t15?,16?,21-,22-/m1/s1. The fourth-order valence-corrected chi connectivity index (χ4v) is 5.53. The molecule has 0 aliphatic heterocycles. The Kier molecular flexibility index (Phi) is 7.41. The van der Waals surface area contributed by atoms with Crippen molar-refractivity contribution in [2.45, 2.75) is 83.1 Å². The van der Waals surface area contributed by atoms with E-state index >= 15 is 0 Å². The van der Waals surface area contributed by atoms with Crippen LogP contribution in [-0.4, -0.2) is 48.8 Å². The fraction of sp³-hybridized carbons (Fsp3) is 0.667. The molecule has 7 heteroatoms. The van der Waals surface area contributed by atoms with E-state index in [1.165, 1.54) is 7.11 Å². The van der Waals surface area contributed by atoms with E-state index < -0.39 is 22.0 Å². The highest BCUT2D eigenvalue weighted by Crippen LogP contribution is 2.41. The maximum absolute atomic E-state index is 11.0. The molecule has 0 saturated heterocycles. The monoisotopic (exact) mass is 446 g/mol. The van der Waals surface area contributed by atoms with Gasteiger partial charge in [-0.15, -0.1) is 0 Å². The Morgan fingerprint density at radius 1 is 1.06 bits per heavy atom. The van der Waals surface area contributed by atoms with Crippen LogP contribution in [0.25, 0.3) is 11.0 Å². The summed E-state index contributed by atoms with van der Waals surface area (Å²) >= 11 is 0. The van der Waals surface area contributed by atoms with E-state index in [2.05, 4.69) is 44.6 Å². The number of aliphatic hydroxyl groups excluding tert-OH is 2. The third-order valence-corrected chi connectivity index (χ3v) is 8.30. The average molecular weight is 447 g/mol. The molecule has 1 saturated carbocycles. The van der Waals surface area contributed by atoms with Crippen LogP contribution in [0.15, 0.2) is 24.4 Å². The minimum atomic E-state index is -1.01. The van der Waals surface area contributed by atoms with Gasteiger partial charge in [0.1, 0.15) is 6.10 Å². The molecule has 0 radical (unpaired) electrons. The van der Waals surface area contributed by atoms with Crippen LogP contribution in [0.1, 0.15) is 72.0 Å². The Labute approximate surface area is 188 Å². The molecule has 0 spiro atoms. The van der Waals surface area contributed by atoms with Gasteiger partial charge in [0.05, 0.1) is 36.0 Å². The van der Waals surface area contributed by atoms with Gasteiger partial charge in [-0.2, -0.15) is 0 Å². The second kappa shape index (κ2) is 9.53. The first kappa shape index (κ1) is 24.1. The molecule has 1 heterocycles. The van der Waals surface area contributed by atoms with Gasteiger partial charge in [-0.25, -0.2) is 9.97 Å². The highest BCUT2D eigenvalue weighted by atomic mass is 28.2. The second-order valence-corrected chi connectivity index (χ2v) is 13.3. The third-order valence-electron chi connectivity index (χ3n) is 6.55. The lowest BCUT2D eigenvalue weighted by atomic mass is 9.72. The summed E-state index contributed by atoms with van der Waals surface area (Å²) in [5, 5.41) is 22.3. The van der Waals surface area contributed by atoms with Gasteiger partial charge < -0.3 is 19.4 Å².